The summed E-state index contributed by atoms with van der Waals surface area (Å²) in [7, 11) is 0. The molecule has 1 aromatic rings. The molecule has 0 heterocycles. The highest BCUT2D eigenvalue weighted by Crippen LogP contribution is 2.20. The fraction of sp³-hybridized carbons (Fsp3) is 0.100. The highest BCUT2D eigenvalue weighted by atomic mass is 35.5. The van der Waals surface area contributed by atoms with Crippen LogP contribution in [0.4, 0.5) is 4.79 Å². The van der Waals surface area contributed by atoms with E-state index in [-0.39, 0.29) is 0 Å². The molecule has 0 saturated carbocycles. The molecule has 14 heavy (non-hydrogen) atoms. The molecule has 1 N–H and O–H groups in total. The third-order valence-electron chi connectivity index (χ3n) is 1.56. The molecule has 0 aliphatic carbocycles. The van der Waals surface area contributed by atoms with Crippen molar-refractivity contribution in [1.29, 1.82) is 0 Å². The van der Waals surface area contributed by atoms with Crippen molar-refractivity contribution in [1.82, 2.24) is 5.32 Å². The minimum Gasteiger partial charge on any atom is -0.410 e. The molecular formula is C10H10ClNO2. The van der Waals surface area contributed by atoms with Gasteiger partial charge in [0.25, 0.3) is 0 Å². The molecule has 74 valence electrons. The molecule has 0 bridgehead atoms. The summed E-state index contributed by atoms with van der Waals surface area (Å²) in [5.41, 5.74) is 0.857. The number of carbonyl (C=O) groups excluding carboxylic acids is 1. The van der Waals surface area contributed by atoms with Crippen LogP contribution in [0.3, 0.4) is 0 Å². The summed E-state index contributed by atoms with van der Waals surface area (Å²) in [5.74, 6) is 0.450. The number of hydrogen-bond donors (Lipinski definition) is 1. The predicted molar refractivity (Wildman–Crippen MR) is 55.5 cm³/mol. The fourth-order valence-electron chi connectivity index (χ4n) is 0.901. The first kappa shape index (κ1) is 10.6. The van der Waals surface area contributed by atoms with Crippen LogP contribution in [0, 0.1) is 6.92 Å². The molecule has 0 aliphatic rings. The molecule has 0 spiro atoms. The minimum atomic E-state index is -0.568. The molecule has 1 rings (SSSR count). The molecule has 0 aliphatic heterocycles. The van der Waals surface area contributed by atoms with Crippen molar-refractivity contribution >= 4 is 17.7 Å². The van der Waals surface area contributed by atoms with E-state index in [1.54, 1.807) is 18.2 Å². The maximum atomic E-state index is 11.0. The van der Waals surface area contributed by atoms with Crippen molar-refractivity contribution in [3.63, 3.8) is 0 Å². The number of nitrogens with one attached hydrogen (secondary N) is 1. The van der Waals surface area contributed by atoms with Crippen molar-refractivity contribution in [2.24, 2.45) is 0 Å². The molecule has 1 aromatic carbocycles. The van der Waals surface area contributed by atoms with E-state index < -0.39 is 6.09 Å². The largest absolute Gasteiger partial charge is 0.416 e. The van der Waals surface area contributed by atoms with Gasteiger partial charge in [-0.3, -0.25) is 5.32 Å². The first-order chi connectivity index (χ1) is 6.63. The zero-order chi connectivity index (χ0) is 10.6. The van der Waals surface area contributed by atoms with Gasteiger partial charge in [0.05, 0.1) is 0 Å². The Morgan fingerprint density at radius 2 is 2.36 bits per heavy atom. The molecule has 0 unspecified atom stereocenters. The standard InChI is InChI=1S/C10H10ClNO2/c1-3-12-10(13)14-8-4-5-9(11)7(2)6-8/h3-6H,1H2,2H3,(H,12,13). The van der Waals surface area contributed by atoms with Gasteiger partial charge in [-0.15, -0.1) is 0 Å². The van der Waals surface area contributed by atoms with E-state index in [4.69, 9.17) is 16.3 Å². The van der Waals surface area contributed by atoms with Gasteiger partial charge >= 0.3 is 6.09 Å². The normalized spacial score (nSPS) is 9.29. The summed E-state index contributed by atoms with van der Waals surface area (Å²) in [6.07, 6.45) is 0.687. The van der Waals surface area contributed by atoms with Crippen LogP contribution in [0.2, 0.25) is 5.02 Å². The number of benzene rings is 1. The first-order valence-corrected chi connectivity index (χ1v) is 4.36. The lowest BCUT2D eigenvalue weighted by molar-refractivity contribution is 0.204. The van der Waals surface area contributed by atoms with E-state index in [1.165, 1.54) is 6.20 Å². The lowest BCUT2D eigenvalue weighted by Gasteiger charge is -2.04. The van der Waals surface area contributed by atoms with Crippen molar-refractivity contribution in [2.45, 2.75) is 6.92 Å². The second-order valence-electron chi connectivity index (χ2n) is 2.65. The summed E-state index contributed by atoms with van der Waals surface area (Å²) in [6, 6.07) is 4.98. The van der Waals surface area contributed by atoms with Crippen LogP contribution in [-0.2, 0) is 0 Å². The number of aryl methyl sites for hydroxylation is 1. The van der Waals surface area contributed by atoms with Gasteiger partial charge in [-0.1, -0.05) is 18.2 Å². The Balaban J connectivity index is 2.72. The Morgan fingerprint density at radius 3 is 2.93 bits per heavy atom. The summed E-state index contributed by atoms with van der Waals surface area (Å²) >= 11 is 5.81. The number of ether oxygens (including phenoxy) is 1. The molecule has 0 atom stereocenters. The molecule has 0 fully saturated rings. The lowest BCUT2D eigenvalue weighted by Crippen LogP contribution is -2.20. The number of carbonyl (C=O) groups is 1. The highest BCUT2D eigenvalue weighted by Gasteiger charge is 2.03. The van der Waals surface area contributed by atoms with E-state index in [1.807, 2.05) is 6.92 Å². The van der Waals surface area contributed by atoms with Crippen molar-refractivity contribution in [3.8, 4) is 5.75 Å². The van der Waals surface area contributed by atoms with Crippen molar-refractivity contribution in [2.75, 3.05) is 0 Å². The molecular weight excluding hydrogens is 202 g/mol. The second-order valence-corrected chi connectivity index (χ2v) is 3.06. The Bertz CT molecular complexity index is 363. The van der Waals surface area contributed by atoms with Crippen LogP contribution in [0.15, 0.2) is 31.0 Å². The Morgan fingerprint density at radius 1 is 1.64 bits per heavy atom. The number of rotatable bonds is 2. The van der Waals surface area contributed by atoms with Crippen LogP contribution < -0.4 is 10.1 Å². The number of hydrogen-bond acceptors (Lipinski definition) is 2. The number of amides is 1. The van der Waals surface area contributed by atoms with Gasteiger partial charge in [0.15, 0.2) is 0 Å². The quantitative estimate of drug-likeness (QED) is 0.817. The average molecular weight is 212 g/mol. The predicted octanol–water partition coefficient (Wildman–Crippen LogP) is 2.88. The molecule has 0 saturated heterocycles. The summed E-state index contributed by atoms with van der Waals surface area (Å²) in [5, 5.41) is 2.94. The zero-order valence-electron chi connectivity index (χ0n) is 7.71. The van der Waals surface area contributed by atoms with Gasteiger partial charge in [0.1, 0.15) is 5.75 Å². The summed E-state index contributed by atoms with van der Waals surface area (Å²) in [6.45, 7) is 5.17. The smallest absolute Gasteiger partial charge is 0.410 e. The van der Waals surface area contributed by atoms with Gasteiger partial charge in [-0.25, -0.2) is 4.79 Å². The van der Waals surface area contributed by atoms with E-state index in [9.17, 15) is 4.79 Å². The maximum absolute atomic E-state index is 11.0. The van der Waals surface area contributed by atoms with Gasteiger partial charge in [0, 0.05) is 5.02 Å². The Labute approximate surface area is 87.3 Å². The SMILES string of the molecule is C=CNC(=O)Oc1ccc(Cl)c(C)c1. The van der Waals surface area contributed by atoms with E-state index >= 15 is 0 Å². The van der Waals surface area contributed by atoms with Crippen LogP contribution in [0.25, 0.3) is 0 Å². The van der Waals surface area contributed by atoms with Gasteiger partial charge in [0.2, 0.25) is 0 Å². The van der Waals surface area contributed by atoms with Crippen LogP contribution >= 0.6 is 11.6 Å². The average Bonchev–Trinajstić information content (AvgIpc) is 2.12. The third kappa shape index (κ3) is 2.78. The molecule has 4 heteroatoms. The van der Waals surface area contributed by atoms with Crippen molar-refractivity contribution < 1.29 is 9.53 Å². The molecule has 0 aromatic heterocycles. The van der Waals surface area contributed by atoms with Gasteiger partial charge in [-0.05, 0) is 36.9 Å². The molecule has 1 amide bonds. The molecule has 0 radical (unpaired) electrons. The number of halogens is 1. The first-order valence-electron chi connectivity index (χ1n) is 3.99. The minimum absolute atomic E-state index is 0.450. The van der Waals surface area contributed by atoms with E-state index in [2.05, 4.69) is 11.9 Å². The van der Waals surface area contributed by atoms with Gasteiger partial charge in [-0.2, -0.15) is 0 Å². The van der Waals surface area contributed by atoms with Crippen LogP contribution in [0.5, 0.6) is 5.75 Å². The monoisotopic (exact) mass is 211 g/mol. The topological polar surface area (TPSA) is 38.3 Å². The van der Waals surface area contributed by atoms with Crippen molar-refractivity contribution in [3.05, 3.63) is 41.6 Å². The summed E-state index contributed by atoms with van der Waals surface area (Å²) < 4.78 is 4.91. The zero-order valence-corrected chi connectivity index (χ0v) is 8.47. The molecule has 3 nitrogen and oxygen atoms in total. The maximum Gasteiger partial charge on any atom is 0.416 e. The Kier molecular flexibility index (Phi) is 3.54. The highest BCUT2D eigenvalue weighted by molar-refractivity contribution is 6.31. The van der Waals surface area contributed by atoms with Crippen LogP contribution in [0.1, 0.15) is 5.56 Å². The lowest BCUT2D eigenvalue weighted by atomic mass is 10.2. The van der Waals surface area contributed by atoms with E-state index in [0.29, 0.717) is 10.8 Å². The Hall–Kier alpha value is -1.48. The third-order valence-corrected chi connectivity index (χ3v) is 1.98. The summed E-state index contributed by atoms with van der Waals surface area (Å²) in [4.78, 5) is 11.0. The van der Waals surface area contributed by atoms with Crippen LogP contribution in [-0.4, -0.2) is 6.09 Å². The fourth-order valence-corrected chi connectivity index (χ4v) is 1.02. The van der Waals surface area contributed by atoms with E-state index in [0.717, 1.165) is 5.56 Å². The van der Waals surface area contributed by atoms with Gasteiger partial charge < -0.3 is 4.74 Å². The second kappa shape index (κ2) is 4.67.